The maximum Gasteiger partial charge on any atom is 0.305 e. The van der Waals surface area contributed by atoms with Gasteiger partial charge in [-0.25, -0.2) is 4.39 Å². The molecule has 0 spiro atoms. The van der Waals surface area contributed by atoms with Crippen molar-refractivity contribution in [2.45, 2.75) is 19.4 Å². The van der Waals surface area contributed by atoms with Crippen molar-refractivity contribution in [3.8, 4) is 5.75 Å². The molecule has 0 fully saturated rings. The fraction of sp³-hybridized carbons (Fsp3) is 0.364. The van der Waals surface area contributed by atoms with Crippen molar-refractivity contribution in [3.05, 3.63) is 24.0 Å². The minimum absolute atomic E-state index is 0.0728. The average molecular weight is 227 g/mol. The number of carboxylic acids is 1. The summed E-state index contributed by atoms with van der Waals surface area (Å²) < 4.78 is 18.3. The van der Waals surface area contributed by atoms with Crippen LogP contribution in [-0.2, 0) is 4.79 Å². The molecule has 1 aromatic rings. The molecule has 0 aliphatic heterocycles. The summed E-state index contributed by atoms with van der Waals surface area (Å²) in [6, 6.07) is 3.92. The van der Waals surface area contributed by atoms with E-state index in [1.165, 1.54) is 25.3 Å². The van der Waals surface area contributed by atoms with Gasteiger partial charge in [0.2, 0.25) is 0 Å². The van der Waals surface area contributed by atoms with Gasteiger partial charge in [0.25, 0.3) is 0 Å². The summed E-state index contributed by atoms with van der Waals surface area (Å²) in [5.41, 5.74) is 0.244. The van der Waals surface area contributed by atoms with Crippen LogP contribution >= 0.6 is 0 Å². The maximum atomic E-state index is 13.3. The molecule has 0 radical (unpaired) electrons. The van der Waals surface area contributed by atoms with Crippen LogP contribution in [0.5, 0.6) is 5.75 Å². The Balaban J connectivity index is 2.75. The molecule has 0 saturated heterocycles. The van der Waals surface area contributed by atoms with Gasteiger partial charge in [0.15, 0.2) is 0 Å². The lowest BCUT2D eigenvalue weighted by Crippen LogP contribution is -2.19. The largest absolute Gasteiger partial charge is 0.497 e. The Hall–Kier alpha value is -1.78. The zero-order chi connectivity index (χ0) is 12.1. The van der Waals surface area contributed by atoms with E-state index in [-0.39, 0.29) is 18.2 Å². The summed E-state index contributed by atoms with van der Waals surface area (Å²) in [7, 11) is 1.48. The highest BCUT2D eigenvalue weighted by molar-refractivity contribution is 5.68. The van der Waals surface area contributed by atoms with Crippen molar-refractivity contribution in [2.75, 3.05) is 12.4 Å². The van der Waals surface area contributed by atoms with Crippen LogP contribution in [0.25, 0.3) is 0 Å². The predicted octanol–water partition coefficient (Wildman–Crippen LogP) is 2.11. The second kappa shape index (κ2) is 5.34. The van der Waals surface area contributed by atoms with E-state index in [1.807, 2.05) is 0 Å². The zero-order valence-corrected chi connectivity index (χ0v) is 9.16. The number of nitrogens with one attached hydrogen (secondary N) is 1. The summed E-state index contributed by atoms with van der Waals surface area (Å²) in [5, 5.41) is 11.4. The van der Waals surface area contributed by atoms with E-state index >= 15 is 0 Å². The number of hydrogen-bond acceptors (Lipinski definition) is 3. The highest BCUT2D eigenvalue weighted by atomic mass is 19.1. The van der Waals surface area contributed by atoms with Crippen molar-refractivity contribution in [3.63, 3.8) is 0 Å². The summed E-state index contributed by atoms with van der Waals surface area (Å²) >= 11 is 0. The van der Waals surface area contributed by atoms with E-state index in [9.17, 15) is 9.18 Å². The SMILES string of the molecule is COc1ccc(F)c(NC(C)CC(=O)O)c1. The predicted molar refractivity (Wildman–Crippen MR) is 58.3 cm³/mol. The summed E-state index contributed by atoms with van der Waals surface area (Å²) in [6.07, 6.45) is -0.0728. The molecule has 2 N–H and O–H groups in total. The smallest absolute Gasteiger partial charge is 0.305 e. The Morgan fingerprint density at radius 2 is 2.31 bits per heavy atom. The van der Waals surface area contributed by atoms with Crippen LogP contribution in [0, 0.1) is 5.82 Å². The molecule has 1 atom stereocenters. The lowest BCUT2D eigenvalue weighted by Gasteiger charge is -2.14. The number of anilines is 1. The molecule has 1 rings (SSSR count). The summed E-state index contributed by atoms with van der Waals surface area (Å²) in [6.45, 7) is 1.67. The molecule has 4 nitrogen and oxygen atoms in total. The van der Waals surface area contributed by atoms with Crippen molar-refractivity contribution < 1.29 is 19.0 Å². The number of carboxylic acid groups (broad SMARTS) is 1. The molecular formula is C11H14FNO3. The zero-order valence-electron chi connectivity index (χ0n) is 9.16. The van der Waals surface area contributed by atoms with E-state index in [1.54, 1.807) is 6.92 Å². The topological polar surface area (TPSA) is 58.6 Å². The molecule has 0 aliphatic rings. The van der Waals surface area contributed by atoms with E-state index in [0.717, 1.165) is 0 Å². The third-order valence-electron chi connectivity index (χ3n) is 2.06. The molecule has 1 unspecified atom stereocenters. The Labute approximate surface area is 93.0 Å². The van der Waals surface area contributed by atoms with Gasteiger partial charge in [-0.2, -0.15) is 0 Å². The second-order valence-corrected chi connectivity index (χ2v) is 3.49. The molecule has 88 valence electrons. The van der Waals surface area contributed by atoms with Crippen LogP contribution in [0.2, 0.25) is 0 Å². The van der Waals surface area contributed by atoms with Crippen molar-refractivity contribution in [2.24, 2.45) is 0 Å². The van der Waals surface area contributed by atoms with E-state index < -0.39 is 11.8 Å². The first-order valence-electron chi connectivity index (χ1n) is 4.84. The molecule has 5 heteroatoms. The summed E-state index contributed by atoms with van der Waals surface area (Å²) in [5.74, 6) is -0.840. The quantitative estimate of drug-likeness (QED) is 0.808. The molecule has 0 aromatic heterocycles. The Bertz CT molecular complexity index is 381. The number of halogens is 1. The second-order valence-electron chi connectivity index (χ2n) is 3.49. The van der Waals surface area contributed by atoms with Crippen molar-refractivity contribution in [1.29, 1.82) is 0 Å². The average Bonchev–Trinajstić information content (AvgIpc) is 2.20. The molecule has 1 aromatic carbocycles. The number of aliphatic carboxylic acids is 1. The third-order valence-corrected chi connectivity index (χ3v) is 2.06. The molecule has 0 heterocycles. The molecular weight excluding hydrogens is 213 g/mol. The number of methoxy groups -OCH3 is 1. The Kier molecular flexibility index (Phi) is 4.10. The normalized spacial score (nSPS) is 11.9. The van der Waals surface area contributed by atoms with Crippen LogP contribution in [0.3, 0.4) is 0 Å². The van der Waals surface area contributed by atoms with Gasteiger partial charge in [-0.1, -0.05) is 0 Å². The fourth-order valence-electron chi connectivity index (χ4n) is 1.32. The number of carbonyl (C=O) groups is 1. The molecule has 0 amide bonds. The summed E-state index contributed by atoms with van der Waals surface area (Å²) in [4.78, 5) is 10.4. The van der Waals surface area contributed by atoms with E-state index in [4.69, 9.17) is 9.84 Å². The lowest BCUT2D eigenvalue weighted by molar-refractivity contribution is -0.137. The Morgan fingerprint density at radius 3 is 2.88 bits per heavy atom. The fourth-order valence-corrected chi connectivity index (χ4v) is 1.32. The number of hydrogen-bond donors (Lipinski definition) is 2. The minimum Gasteiger partial charge on any atom is -0.497 e. The minimum atomic E-state index is -0.927. The highest BCUT2D eigenvalue weighted by Gasteiger charge is 2.10. The molecule has 0 aliphatic carbocycles. The first-order chi connectivity index (χ1) is 7.52. The first kappa shape index (κ1) is 12.3. The van der Waals surface area contributed by atoms with Gasteiger partial charge in [-0.15, -0.1) is 0 Å². The van der Waals surface area contributed by atoms with E-state index in [0.29, 0.717) is 5.75 Å². The van der Waals surface area contributed by atoms with Gasteiger partial charge in [-0.05, 0) is 19.1 Å². The van der Waals surface area contributed by atoms with Gasteiger partial charge in [-0.3, -0.25) is 4.79 Å². The number of rotatable bonds is 5. The van der Waals surface area contributed by atoms with Crippen LogP contribution in [-0.4, -0.2) is 24.2 Å². The lowest BCUT2D eigenvalue weighted by atomic mass is 10.2. The van der Waals surface area contributed by atoms with Gasteiger partial charge in [0.1, 0.15) is 11.6 Å². The number of benzene rings is 1. The monoisotopic (exact) mass is 227 g/mol. The van der Waals surface area contributed by atoms with Crippen molar-refractivity contribution in [1.82, 2.24) is 0 Å². The maximum absolute atomic E-state index is 13.3. The van der Waals surface area contributed by atoms with E-state index in [2.05, 4.69) is 5.32 Å². The van der Waals surface area contributed by atoms with Crippen LogP contribution in [0.1, 0.15) is 13.3 Å². The number of ether oxygens (including phenoxy) is 1. The standard InChI is InChI=1S/C11H14FNO3/c1-7(5-11(14)15)13-10-6-8(16-2)3-4-9(10)12/h3-4,6-7,13H,5H2,1-2H3,(H,14,15). The van der Waals surface area contributed by atoms with Gasteiger partial charge in [0.05, 0.1) is 19.2 Å². The van der Waals surface area contributed by atoms with Gasteiger partial charge >= 0.3 is 5.97 Å². The van der Waals surface area contributed by atoms with Gasteiger partial charge < -0.3 is 15.2 Å². The van der Waals surface area contributed by atoms with Crippen molar-refractivity contribution >= 4 is 11.7 Å². The highest BCUT2D eigenvalue weighted by Crippen LogP contribution is 2.22. The molecule has 0 bridgehead atoms. The van der Waals surface area contributed by atoms with Crippen LogP contribution in [0.15, 0.2) is 18.2 Å². The Morgan fingerprint density at radius 1 is 1.62 bits per heavy atom. The third kappa shape index (κ3) is 3.42. The van der Waals surface area contributed by atoms with Crippen LogP contribution in [0.4, 0.5) is 10.1 Å². The first-order valence-corrected chi connectivity index (χ1v) is 4.84. The van der Waals surface area contributed by atoms with Crippen LogP contribution < -0.4 is 10.1 Å². The van der Waals surface area contributed by atoms with Gasteiger partial charge in [0, 0.05) is 12.1 Å². The molecule has 0 saturated carbocycles. The molecule has 16 heavy (non-hydrogen) atoms.